The van der Waals surface area contributed by atoms with Crippen LogP contribution in [-0.4, -0.2) is 16.6 Å². The summed E-state index contributed by atoms with van der Waals surface area (Å²) in [4.78, 5) is 11.2. The largest absolute Gasteiger partial charge is 0.490 e. The van der Waals surface area contributed by atoms with E-state index in [1.807, 2.05) is 62.4 Å². The topological polar surface area (TPSA) is 100 Å². The maximum atomic E-state index is 11.7. The number of aryl methyl sites for hydroxylation is 1. The van der Waals surface area contributed by atoms with E-state index in [0.29, 0.717) is 36.0 Å². The van der Waals surface area contributed by atoms with Gasteiger partial charge in [-0.05, 0) is 72.0 Å². The Morgan fingerprint density at radius 2 is 1.26 bits per heavy atom. The van der Waals surface area contributed by atoms with Crippen LogP contribution in [0.15, 0.2) is 84.9 Å². The minimum Gasteiger partial charge on any atom is -0.490 e. The van der Waals surface area contributed by atoms with E-state index < -0.39 is 4.92 Å². The summed E-state index contributed by atoms with van der Waals surface area (Å²) in [6, 6.07) is 25.5. The molecule has 8 heteroatoms. The van der Waals surface area contributed by atoms with E-state index in [2.05, 4.69) is 0 Å². The lowest BCUT2D eigenvalue weighted by Gasteiger charge is -2.14. The highest BCUT2D eigenvalue weighted by atomic mass is 16.6. The van der Waals surface area contributed by atoms with Gasteiger partial charge in [-0.25, -0.2) is 0 Å². The zero-order chi connectivity index (χ0) is 27.6. The Morgan fingerprint density at radius 1 is 0.667 bits per heavy atom. The van der Waals surface area contributed by atoms with Crippen LogP contribution in [-0.2, 0) is 26.4 Å². The fraction of sp³-hybridized carbons (Fsp3) is 0.226. The van der Waals surface area contributed by atoms with Crippen LogP contribution in [0, 0.1) is 17.0 Å². The Kier molecular flexibility index (Phi) is 9.37. The Labute approximate surface area is 227 Å². The number of benzene rings is 4. The van der Waals surface area contributed by atoms with E-state index in [1.165, 1.54) is 6.07 Å². The number of nitrogens with zero attached hydrogens (tertiary/aromatic N) is 1. The van der Waals surface area contributed by atoms with E-state index in [0.717, 1.165) is 22.3 Å². The zero-order valence-electron chi connectivity index (χ0n) is 22.0. The predicted octanol–water partition coefficient (Wildman–Crippen LogP) is 6.53. The molecule has 1 N–H and O–H groups in total. The second kappa shape index (κ2) is 13.3. The molecule has 0 bridgehead atoms. The molecule has 4 aromatic rings. The first kappa shape index (κ1) is 27.5. The van der Waals surface area contributed by atoms with Crippen molar-refractivity contribution in [3.63, 3.8) is 0 Å². The summed E-state index contributed by atoms with van der Waals surface area (Å²) in [6.45, 7) is 4.99. The van der Waals surface area contributed by atoms with Crippen molar-refractivity contribution in [1.29, 1.82) is 0 Å². The van der Waals surface area contributed by atoms with Crippen molar-refractivity contribution in [3.05, 3.63) is 123 Å². The predicted molar refractivity (Wildman–Crippen MR) is 147 cm³/mol. The fourth-order valence-electron chi connectivity index (χ4n) is 3.98. The first-order valence-electron chi connectivity index (χ1n) is 12.6. The summed E-state index contributed by atoms with van der Waals surface area (Å²) < 4.78 is 23.3. The van der Waals surface area contributed by atoms with Crippen LogP contribution < -0.4 is 18.9 Å². The summed E-state index contributed by atoms with van der Waals surface area (Å²) in [6.07, 6.45) is 0. The van der Waals surface area contributed by atoms with Crippen LogP contribution in [0.25, 0.3) is 0 Å². The molecule has 0 aromatic heterocycles. The highest BCUT2D eigenvalue weighted by Crippen LogP contribution is 2.31. The number of aliphatic hydroxyl groups is 1. The van der Waals surface area contributed by atoms with Gasteiger partial charge in [0.2, 0.25) is 0 Å². The lowest BCUT2D eigenvalue weighted by molar-refractivity contribution is -0.386. The van der Waals surface area contributed by atoms with Crippen LogP contribution in [0.3, 0.4) is 0 Å². The molecule has 0 saturated heterocycles. The van der Waals surface area contributed by atoms with Crippen molar-refractivity contribution in [2.45, 2.75) is 40.3 Å². The highest BCUT2D eigenvalue weighted by Gasteiger charge is 2.17. The van der Waals surface area contributed by atoms with Gasteiger partial charge in [0.1, 0.15) is 25.6 Å². The average molecular weight is 530 g/mol. The molecule has 0 aliphatic carbocycles. The third kappa shape index (κ3) is 7.49. The zero-order valence-corrected chi connectivity index (χ0v) is 22.0. The van der Waals surface area contributed by atoms with Crippen LogP contribution in [0.1, 0.15) is 34.7 Å². The molecular formula is C31H31NO7. The minimum atomic E-state index is -0.446. The Balaban J connectivity index is 1.37. The molecule has 0 amide bonds. The number of nitro benzene ring substituents is 1. The molecule has 0 aliphatic rings. The first-order valence-corrected chi connectivity index (χ1v) is 12.6. The van der Waals surface area contributed by atoms with E-state index >= 15 is 0 Å². The van der Waals surface area contributed by atoms with Gasteiger partial charge >= 0.3 is 5.69 Å². The SMILES string of the molecule is CCOc1cc(CO)ccc1OCc1ccc(OCc2ccc(OCc3ccccc3)c([N+](=O)[O-])c2)c(C)c1. The maximum Gasteiger partial charge on any atom is 0.311 e. The molecule has 39 heavy (non-hydrogen) atoms. The van der Waals surface area contributed by atoms with Crippen molar-refractivity contribution in [1.82, 2.24) is 0 Å². The van der Waals surface area contributed by atoms with E-state index in [-0.39, 0.29) is 31.3 Å². The maximum absolute atomic E-state index is 11.7. The molecule has 0 aliphatic heterocycles. The lowest BCUT2D eigenvalue weighted by Crippen LogP contribution is -2.03. The molecular weight excluding hydrogens is 498 g/mol. The molecule has 8 nitrogen and oxygen atoms in total. The Bertz CT molecular complexity index is 1410. The quantitative estimate of drug-likeness (QED) is 0.155. The lowest BCUT2D eigenvalue weighted by atomic mass is 10.1. The Hall–Kier alpha value is -4.56. The minimum absolute atomic E-state index is 0.0689. The number of aliphatic hydroxyl groups excluding tert-OH is 1. The molecule has 0 radical (unpaired) electrons. The standard InChI is InChI=1S/C31H31NO7/c1-3-36-31-17-24(18-33)9-14-30(31)39-20-25-10-12-28(22(2)15-25)37-21-26-11-13-29(27(16-26)32(34)35)38-19-23-7-5-4-6-8-23/h4-17,33H,3,18-21H2,1-2H3. The summed E-state index contributed by atoms with van der Waals surface area (Å²) in [7, 11) is 0. The van der Waals surface area contributed by atoms with Gasteiger partial charge in [-0.3, -0.25) is 10.1 Å². The fourth-order valence-corrected chi connectivity index (χ4v) is 3.98. The van der Waals surface area contributed by atoms with Gasteiger partial charge in [-0.2, -0.15) is 0 Å². The molecule has 0 saturated carbocycles. The van der Waals surface area contributed by atoms with E-state index in [1.54, 1.807) is 30.3 Å². The van der Waals surface area contributed by atoms with Crippen LogP contribution in [0.5, 0.6) is 23.0 Å². The molecule has 4 rings (SSSR count). The van der Waals surface area contributed by atoms with Crippen molar-refractivity contribution < 1.29 is 29.0 Å². The molecule has 0 spiro atoms. The van der Waals surface area contributed by atoms with Crippen LogP contribution in [0.2, 0.25) is 0 Å². The summed E-state index contributed by atoms with van der Waals surface area (Å²) in [5.74, 6) is 2.08. The third-order valence-corrected chi connectivity index (χ3v) is 5.98. The summed E-state index contributed by atoms with van der Waals surface area (Å²) in [5, 5.41) is 21.0. The van der Waals surface area contributed by atoms with Gasteiger partial charge in [-0.15, -0.1) is 0 Å². The van der Waals surface area contributed by atoms with E-state index in [9.17, 15) is 15.2 Å². The third-order valence-electron chi connectivity index (χ3n) is 5.98. The molecule has 4 aromatic carbocycles. The number of hydrogen-bond acceptors (Lipinski definition) is 7. The Morgan fingerprint density at radius 3 is 1.92 bits per heavy atom. The van der Waals surface area contributed by atoms with Gasteiger partial charge in [0.25, 0.3) is 0 Å². The number of rotatable bonds is 13. The molecule has 202 valence electrons. The second-order valence-corrected chi connectivity index (χ2v) is 8.88. The molecule has 0 fully saturated rings. The summed E-state index contributed by atoms with van der Waals surface area (Å²) in [5.41, 5.74) is 4.10. The molecule has 0 heterocycles. The highest BCUT2D eigenvalue weighted by molar-refractivity contribution is 5.49. The second-order valence-electron chi connectivity index (χ2n) is 8.88. The van der Waals surface area contributed by atoms with Gasteiger partial charge in [0.15, 0.2) is 17.2 Å². The molecule has 0 unspecified atom stereocenters. The van der Waals surface area contributed by atoms with Gasteiger partial charge in [-0.1, -0.05) is 48.5 Å². The molecule has 0 atom stereocenters. The smallest absolute Gasteiger partial charge is 0.311 e. The first-order chi connectivity index (χ1) is 19.0. The average Bonchev–Trinajstić information content (AvgIpc) is 2.95. The van der Waals surface area contributed by atoms with Gasteiger partial charge in [0, 0.05) is 6.07 Å². The number of ether oxygens (including phenoxy) is 4. The number of hydrogen-bond donors (Lipinski definition) is 1. The van der Waals surface area contributed by atoms with E-state index in [4.69, 9.17) is 18.9 Å². The van der Waals surface area contributed by atoms with Crippen LogP contribution in [0.4, 0.5) is 5.69 Å². The van der Waals surface area contributed by atoms with Crippen molar-refractivity contribution >= 4 is 5.69 Å². The van der Waals surface area contributed by atoms with Crippen molar-refractivity contribution in [2.75, 3.05) is 6.61 Å². The van der Waals surface area contributed by atoms with Gasteiger partial charge in [0.05, 0.1) is 18.1 Å². The summed E-state index contributed by atoms with van der Waals surface area (Å²) >= 11 is 0. The van der Waals surface area contributed by atoms with Crippen molar-refractivity contribution in [3.8, 4) is 23.0 Å². The van der Waals surface area contributed by atoms with Gasteiger partial charge < -0.3 is 24.1 Å². The number of nitro groups is 1. The van der Waals surface area contributed by atoms with Crippen molar-refractivity contribution in [2.24, 2.45) is 0 Å². The normalized spacial score (nSPS) is 10.6. The monoisotopic (exact) mass is 529 g/mol. The van der Waals surface area contributed by atoms with Crippen LogP contribution >= 0.6 is 0 Å².